The number of benzene rings is 3. The summed E-state index contributed by atoms with van der Waals surface area (Å²) in [6.07, 6.45) is 0. The third kappa shape index (κ3) is 5.05. The van der Waals surface area contributed by atoms with Crippen molar-refractivity contribution in [3.63, 3.8) is 0 Å². The minimum absolute atomic E-state index is 0.233. The van der Waals surface area contributed by atoms with E-state index in [1.54, 1.807) is 6.07 Å². The van der Waals surface area contributed by atoms with E-state index in [0.717, 1.165) is 53.8 Å². The van der Waals surface area contributed by atoms with Gasteiger partial charge in [-0.3, -0.25) is 10.1 Å². The molecular weight excluding hydrogens is 462 g/mol. The van der Waals surface area contributed by atoms with Crippen LogP contribution in [0.25, 0.3) is 10.8 Å². The van der Waals surface area contributed by atoms with Crippen LogP contribution in [0.4, 0.5) is 5.69 Å². The van der Waals surface area contributed by atoms with Gasteiger partial charge >= 0.3 is 0 Å². The van der Waals surface area contributed by atoms with E-state index in [-0.39, 0.29) is 11.0 Å². The number of morpholine rings is 1. The van der Waals surface area contributed by atoms with Crippen LogP contribution in [0.2, 0.25) is 0 Å². The maximum Gasteiger partial charge on any atom is 0.258 e. The summed E-state index contributed by atoms with van der Waals surface area (Å²) >= 11 is 8.89. The van der Waals surface area contributed by atoms with Gasteiger partial charge in [0.25, 0.3) is 5.91 Å². The van der Waals surface area contributed by atoms with Gasteiger partial charge in [-0.1, -0.05) is 52.3 Å². The summed E-state index contributed by atoms with van der Waals surface area (Å²) in [5, 5.41) is 8.02. The van der Waals surface area contributed by atoms with Gasteiger partial charge in [-0.05, 0) is 47.3 Å². The molecule has 1 saturated heterocycles. The van der Waals surface area contributed by atoms with Gasteiger partial charge in [0.2, 0.25) is 0 Å². The first-order chi connectivity index (χ1) is 14.6. The smallest absolute Gasteiger partial charge is 0.258 e. The first-order valence-electron chi connectivity index (χ1n) is 9.90. The van der Waals surface area contributed by atoms with Crippen LogP contribution in [-0.2, 0) is 11.3 Å². The van der Waals surface area contributed by atoms with E-state index >= 15 is 0 Å². The Labute approximate surface area is 189 Å². The van der Waals surface area contributed by atoms with Crippen molar-refractivity contribution in [2.45, 2.75) is 6.54 Å². The van der Waals surface area contributed by atoms with Crippen molar-refractivity contribution in [1.82, 2.24) is 5.32 Å². The Balaban J connectivity index is 1.37. The molecule has 1 heterocycles. The predicted octanol–water partition coefficient (Wildman–Crippen LogP) is 3.14. The number of halogens is 1. The van der Waals surface area contributed by atoms with E-state index in [2.05, 4.69) is 38.7 Å². The van der Waals surface area contributed by atoms with Crippen molar-refractivity contribution in [2.75, 3.05) is 31.6 Å². The molecule has 1 aliphatic heterocycles. The normalized spacial score (nSPS) is 14.4. The number of hydrogen-bond acceptors (Lipinski definition) is 3. The average Bonchev–Trinajstić information content (AvgIpc) is 2.76. The highest BCUT2D eigenvalue weighted by atomic mass is 79.9. The number of fused-ring (bicyclic) bond motifs is 1. The molecule has 0 radical (unpaired) electrons. The number of carbonyl (C=O) groups is 1. The lowest BCUT2D eigenvalue weighted by molar-refractivity contribution is -0.921. The van der Waals surface area contributed by atoms with Gasteiger partial charge < -0.3 is 15.0 Å². The fourth-order valence-electron chi connectivity index (χ4n) is 3.63. The first-order valence-corrected chi connectivity index (χ1v) is 11.1. The summed E-state index contributed by atoms with van der Waals surface area (Å²) in [6.45, 7) is 4.73. The van der Waals surface area contributed by atoms with Crippen molar-refractivity contribution < 1.29 is 14.4 Å². The van der Waals surface area contributed by atoms with Crippen LogP contribution in [0.1, 0.15) is 15.9 Å². The molecule has 3 aromatic carbocycles. The Morgan fingerprint density at radius 3 is 2.47 bits per heavy atom. The van der Waals surface area contributed by atoms with E-state index in [0.29, 0.717) is 5.56 Å². The van der Waals surface area contributed by atoms with Crippen LogP contribution in [-0.4, -0.2) is 37.3 Å². The van der Waals surface area contributed by atoms with Crippen LogP contribution >= 0.6 is 28.1 Å². The topological polar surface area (TPSA) is 54.8 Å². The van der Waals surface area contributed by atoms with E-state index in [9.17, 15) is 4.79 Å². The average molecular weight is 485 g/mol. The molecule has 1 fully saturated rings. The molecule has 7 heteroatoms. The van der Waals surface area contributed by atoms with Gasteiger partial charge in [0, 0.05) is 21.3 Å². The number of quaternary nitrogens is 1. The second kappa shape index (κ2) is 9.66. The minimum atomic E-state index is -0.233. The lowest BCUT2D eigenvalue weighted by atomic mass is 10.0. The summed E-state index contributed by atoms with van der Waals surface area (Å²) in [7, 11) is 0. The number of ether oxygens (including phenoxy) is 1. The zero-order valence-electron chi connectivity index (χ0n) is 16.4. The summed E-state index contributed by atoms with van der Waals surface area (Å²) in [6, 6.07) is 19.6. The second-order valence-electron chi connectivity index (χ2n) is 7.28. The Morgan fingerprint density at radius 1 is 1.00 bits per heavy atom. The molecule has 0 unspecified atom stereocenters. The molecule has 0 aromatic heterocycles. The van der Waals surface area contributed by atoms with Crippen LogP contribution in [0, 0.1) is 0 Å². The fraction of sp³-hybridized carbons (Fsp3) is 0.217. The zero-order chi connectivity index (χ0) is 20.9. The molecule has 154 valence electrons. The monoisotopic (exact) mass is 484 g/mol. The highest BCUT2D eigenvalue weighted by molar-refractivity contribution is 9.10. The van der Waals surface area contributed by atoms with Crippen LogP contribution in [0.5, 0.6) is 0 Å². The molecule has 3 aromatic rings. The molecule has 3 N–H and O–H groups in total. The Hall–Kier alpha value is -2.32. The number of rotatable bonds is 4. The number of anilines is 1. The second-order valence-corrected chi connectivity index (χ2v) is 8.55. The van der Waals surface area contributed by atoms with Gasteiger partial charge in [0.05, 0.1) is 13.2 Å². The quantitative estimate of drug-likeness (QED) is 0.498. The van der Waals surface area contributed by atoms with E-state index in [4.69, 9.17) is 17.0 Å². The number of nitrogens with one attached hydrogen (secondary N) is 3. The molecule has 5 nitrogen and oxygen atoms in total. The molecule has 1 aliphatic rings. The van der Waals surface area contributed by atoms with Gasteiger partial charge in [-0.25, -0.2) is 0 Å². The van der Waals surface area contributed by atoms with Gasteiger partial charge in [-0.15, -0.1) is 0 Å². The van der Waals surface area contributed by atoms with Gasteiger partial charge in [0.1, 0.15) is 19.6 Å². The third-order valence-corrected chi connectivity index (χ3v) is 6.10. The highest BCUT2D eigenvalue weighted by Gasteiger charge is 2.15. The van der Waals surface area contributed by atoms with Crippen LogP contribution < -0.4 is 15.5 Å². The number of carbonyl (C=O) groups excluding carboxylic acids is 1. The SMILES string of the molecule is O=C(NC(=S)Nc1ccc(C[NH+]2CCOCC2)cc1)c1cccc2c(Br)cccc12. The summed E-state index contributed by atoms with van der Waals surface area (Å²) in [5.41, 5.74) is 2.71. The maximum atomic E-state index is 12.8. The molecule has 30 heavy (non-hydrogen) atoms. The van der Waals surface area contributed by atoms with Crippen LogP contribution in [0.3, 0.4) is 0 Å². The molecule has 0 atom stereocenters. The molecule has 1 amide bonds. The Bertz CT molecular complexity index is 1070. The molecular formula is C23H23BrN3O2S+. The van der Waals surface area contributed by atoms with E-state index in [1.165, 1.54) is 10.5 Å². The predicted molar refractivity (Wildman–Crippen MR) is 127 cm³/mol. The largest absolute Gasteiger partial charge is 0.370 e. The van der Waals surface area contributed by atoms with Gasteiger partial charge in [-0.2, -0.15) is 0 Å². The van der Waals surface area contributed by atoms with Crippen LogP contribution in [0.15, 0.2) is 65.1 Å². The van der Waals surface area contributed by atoms with Crippen molar-refractivity contribution in [3.8, 4) is 0 Å². The summed E-state index contributed by atoms with van der Waals surface area (Å²) in [5.74, 6) is -0.233. The Morgan fingerprint density at radius 2 is 1.70 bits per heavy atom. The fourth-order valence-corrected chi connectivity index (χ4v) is 4.34. The van der Waals surface area contributed by atoms with Crippen molar-refractivity contribution in [3.05, 3.63) is 76.3 Å². The lowest BCUT2D eigenvalue weighted by Gasteiger charge is -2.23. The van der Waals surface area contributed by atoms with Crippen molar-refractivity contribution in [1.29, 1.82) is 0 Å². The van der Waals surface area contributed by atoms with Crippen molar-refractivity contribution >= 4 is 55.6 Å². The van der Waals surface area contributed by atoms with Gasteiger partial charge in [0.15, 0.2) is 5.11 Å². The zero-order valence-corrected chi connectivity index (χ0v) is 18.8. The molecule has 0 saturated carbocycles. The summed E-state index contributed by atoms with van der Waals surface area (Å²) in [4.78, 5) is 14.3. The molecule has 0 bridgehead atoms. The van der Waals surface area contributed by atoms with E-state index < -0.39 is 0 Å². The standard InChI is InChI=1S/C23H22BrN3O2S/c24-21-6-2-3-18-19(21)4-1-5-20(18)22(28)26-23(30)25-17-9-7-16(8-10-17)15-27-11-13-29-14-12-27/h1-10H,11-15H2,(H2,25,26,28,30)/p+1. The number of thiocarbonyl (C=S) groups is 1. The van der Waals surface area contributed by atoms with Crippen molar-refractivity contribution in [2.24, 2.45) is 0 Å². The first kappa shape index (κ1) is 20.9. The number of hydrogen-bond donors (Lipinski definition) is 3. The molecule has 4 rings (SSSR count). The highest BCUT2D eigenvalue weighted by Crippen LogP contribution is 2.26. The minimum Gasteiger partial charge on any atom is -0.370 e. The third-order valence-electron chi connectivity index (χ3n) is 5.21. The molecule has 0 spiro atoms. The number of amides is 1. The Kier molecular flexibility index (Phi) is 6.74. The van der Waals surface area contributed by atoms with E-state index in [1.807, 2.05) is 42.5 Å². The maximum absolute atomic E-state index is 12.8. The molecule has 0 aliphatic carbocycles. The lowest BCUT2D eigenvalue weighted by Crippen LogP contribution is -3.12. The summed E-state index contributed by atoms with van der Waals surface area (Å²) < 4.78 is 6.36.